The molecule has 1 unspecified atom stereocenters. The molecule has 3 nitrogen and oxygen atoms in total. The van der Waals surface area contributed by atoms with E-state index in [0.717, 1.165) is 0 Å². The molecule has 0 aliphatic carbocycles. The van der Waals surface area contributed by atoms with Gasteiger partial charge in [0, 0.05) is 24.9 Å². The van der Waals surface area contributed by atoms with E-state index in [0.29, 0.717) is 0 Å². The van der Waals surface area contributed by atoms with Gasteiger partial charge in [-0.15, -0.1) is 0 Å². The van der Waals surface area contributed by atoms with Crippen molar-refractivity contribution in [2.75, 3.05) is 0 Å². The van der Waals surface area contributed by atoms with E-state index in [1.165, 1.54) is 8.44 Å². The summed E-state index contributed by atoms with van der Waals surface area (Å²) in [5.74, 6) is 0. The van der Waals surface area contributed by atoms with Crippen LogP contribution in [0.25, 0.3) is 0 Å². The Balaban J connectivity index is 0. The molecule has 0 aliphatic heterocycles. The minimum atomic E-state index is -3.25. The van der Waals surface area contributed by atoms with E-state index in [1.807, 2.05) is 0 Å². The van der Waals surface area contributed by atoms with E-state index in [-0.39, 0.29) is 16.5 Å². The van der Waals surface area contributed by atoms with Crippen LogP contribution >= 0.6 is 8.44 Å². The van der Waals surface area contributed by atoms with Crippen molar-refractivity contribution < 1.29 is 24.9 Å². The second-order valence-corrected chi connectivity index (χ2v) is 3.74. The average molecular weight is 172 g/mol. The van der Waals surface area contributed by atoms with Gasteiger partial charge in [-0.2, -0.15) is 0 Å². The summed E-state index contributed by atoms with van der Waals surface area (Å²) < 4.78 is 18.7. The Kier molecular flexibility index (Phi) is 4.84. The molecule has 0 aromatic heterocycles. The van der Waals surface area contributed by atoms with Crippen LogP contribution in [0.1, 0.15) is 0 Å². The molecule has 2 N–H and O–H groups in total. The summed E-state index contributed by atoms with van der Waals surface area (Å²) in [6.07, 6.45) is 0. The molecule has 0 bridgehead atoms. The van der Waals surface area contributed by atoms with Crippen LogP contribution in [0.5, 0.6) is 0 Å². The molecule has 6 heteroatoms. The average Bonchev–Trinajstić information content (AvgIpc) is 0.722. The maximum absolute atomic E-state index is 9.37. The standard InChI is InChI=1S/H4NO2PS.Ni/c1-5(2,3)4;/h4H2,(H2,1,2,3);. The molecule has 0 spiro atoms. The van der Waals surface area contributed by atoms with Gasteiger partial charge in [-0.05, 0) is 0 Å². The molecule has 0 aromatic carbocycles. The minimum absolute atomic E-state index is 0. The first-order valence-corrected chi connectivity index (χ1v) is 3.83. The van der Waals surface area contributed by atoms with Crippen molar-refractivity contribution in [3.8, 4) is 0 Å². The smallest absolute Gasteiger partial charge is 0.219 e. The molecule has 0 heterocycles. The van der Waals surface area contributed by atoms with Crippen molar-refractivity contribution in [3.05, 3.63) is 0 Å². The van der Waals surface area contributed by atoms with Crippen LogP contribution in [0.3, 0.4) is 0 Å². The first-order valence-electron chi connectivity index (χ1n) is 0.805. The van der Waals surface area contributed by atoms with Crippen molar-refractivity contribution >= 4 is 18.1 Å². The van der Waals surface area contributed by atoms with Crippen molar-refractivity contribution in [1.29, 1.82) is 0 Å². The van der Waals surface area contributed by atoms with E-state index < -0.39 is 9.64 Å². The molecular formula is H4NNiO2PS. The van der Waals surface area contributed by atoms with Crippen LogP contribution in [-0.4, -0.2) is 8.42 Å². The predicted molar refractivity (Wildman–Crippen MR) is 22.8 cm³/mol. The van der Waals surface area contributed by atoms with Crippen LogP contribution in [0.2, 0.25) is 0 Å². The molecule has 0 amide bonds. The largest absolute Gasteiger partial charge is 0.226 e. The maximum Gasteiger partial charge on any atom is 0.219 e. The summed E-state index contributed by atoms with van der Waals surface area (Å²) >= 11 is 0. The monoisotopic (exact) mass is 171 g/mol. The van der Waals surface area contributed by atoms with Gasteiger partial charge in [0.2, 0.25) is 9.64 Å². The summed E-state index contributed by atoms with van der Waals surface area (Å²) in [7, 11) is -1.78. The van der Waals surface area contributed by atoms with Gasteiger partial charge in [-0.1, -0.05) is 0 Å². The number of hydrogen-bond donors (Lipinski definition) is 1. The van der Waals surface area contributed by atoms with E-state index in [4.69, 9.17) is 0 Å². The molecule has 0 aromatic rings. The molecule has 6 heavy (non-hydrogen) atoms. The Morgan fingerprint density at radius 1 is 1.50 bits per heavy atom. The Morgan fingerprint density at radius 2 is 1.50 bits per heavy atom. The fraction of sp³-hybridized carbons (Fsp3) is 0. The zero-order valence-electron chi connectivity index (χ0n) is 2.70. The topological polar surface area (TPSA) is 60.2 Å². The molecule has 0 rings (SSSR count). The summed E-state index contributed by atoms with van der Waals surface area (Å²) in [5, 5.41) is 4.29. The molecule has 0 radical (unpaired) electrons. The zero-order chi connectivity index (χ0) is 4.50. The van der Waals surface area contributed by atoms with Gasteiger partial charge < -0.3 is 0 Å². The Bertz CT molecular complexity index is 96.7. The predicted octanol–water partition coefficient (Wildman–Crippen LogP) is -0.937. The quantitative estimate of drug-likeness (QED) is 0.378. The summed E-state index contributed by atoms with van der Waals surface area (Å²) in [4.78, 5) is 0. The summed E-state index contributed by atoms with van der Waals surface area (Å²) in [5.41, 5.74) is 0. The van der Waals surface area contributed by atoms with Crippen molar-refractivity contribution in [2.24, 2.45) is 5.14 Å². The van der Waals surface area contributed by atoms with Gasteiger partial charge >= 0.3 is 0 Å². The molecule has 0 fully saturated rings. The van der Waals surface area contributed by atoms with Crippen LogP contribution in [0.4, 0.5) is 0 Å². The van der Waals surface area contributed by atoms with E-state index in [2.05, 4.69) is 5.14 Å². The number of nitrogens with two attached hydrogens (primary N) is 1. The fourth-order valence-corrected chi connectivity index (χ4v) is 0. The van der Waals surface area contributed by atoms with Crippen molar-refractivity contribution in [1.82, 2.24) is 0 Å². The van der Waals surface area contributed by atoms with E-state index in [9.17, 15) is 8.42 Å². The third-order valence-electron chi connectivity index (χ3n) is 0. The third kappa shape index (κ3) is 102. The third-order valence-corrected chi connectivity index (χ3v) is 0. The van der Waals surface area contributed by atoms with Gasteiger partial charge in [0.15, 0.2) is 0 Å². The van der Waals surface area contributed by atoms with Gasteiger partial charge in [0.25, 0.3) is 0 Å². The molecule has 0 saturated heterocycles. The minimum Gasteiger partial charge on any atom is -0.226 e. The zero-order valence-corrected chi connectivity index (χ0v) is 5.65. The van der Waals surface area contributed by atoms with Crippen LogP contribution in [0.15, 0.2) is 0 Å². The van der Waals surface area contributed by atoms with Gasteiger partial charge in [-0.3, -0.25) is 0 Å². The maximum atomic E-state index is 9.37. The van der Waals surface area contributed by atoms with Gasteiger partial charge in [0.1, 0.15) is 0 Å². The SMILES string of the molecule is NS(=O)(=O)P.[Ni]. The Hall–Kier alpha value is 0.834. The van der Waals surface area contributed by atoms with Crippen LogP contribution < -0.4 is 5.14 Å². The molecule has 1 atom stereocenters. The number of rotatable bonds is 0. The molecular weight excluding hydrogens is 168 g/mol. The Labute approximate surface area is 48.6 Å². The molecule has 0 aliphatic rings. The van der Waals surface area contributed by atoms with E-state index >= 15 is 0 Å². The van der Waals surface area contributed by atoms with Gasteiger partial charge in [-0.25, -0.2) is 13.6 Å². The Morgan fingerprint density at radius 3 is 1.50 bits per heavy atom. The van der Waals surface area contributed by atoms with Crippen molar-refractivity contribution in [2.45, 2.75) is 0 Å². The molecule has 0 saturated carbocycles. The molecule has 42 valence electrons. The normalized spacial score (nSPS) is 9.67. The van der Waals surface area contributed by atoms with Crippen LogP contribution in [-0.2, 0) is 26.1 Å². The number of hydrogen-bond acceptors (Lipinski definition) is 2. The van der Waals surface area contributed by atoms with Gasteiger partial charge in [0.05, 0.1) is 0 Å². The fourth-order valence-electron chi connectivity index (χ4n) is 0. The van der Waals surface area contributed by atoms with Crippen LogP contribution in [0, 0.1) is 0 Å². The second-order valence-electron chi connectivity index (χ2n) is 0.589. The summed E-state index contributed by atoms with van der Waals surface area (Å²) in [6.45, 7) is 0. The first kappa shape index (κ1) is 9.95. The van der Waals surface area contributed by atoms with E-state index in [1.54, 1.807) is 0 Å². The summed E-state index contributed by atoms with van der Waals surface area (Å²) in [6, 6.07) is 0. The first-order chi connectivity index (χ1) is 2.00. The van der Waals surface area contributed by atoms with Crippen molar-refractivity contribution in [3.63, 3.8) is 0 Å². The second kappa shape index (κ2) is 2.92.